The lowest BCUT2D eigenvalue weighted by Gasteiger charge is -2.25. The number of benzene rings is 3. The molecule has 6 heteroatoms. The normalized spacial score (nSPS) is 17.3. The van der Waals surface area contributed by atoms with Gasteiger partial charge in [-0.25, -0.2) is 0 Å². The van der Waals surface area contributed by atoms with Gasteiger partial charge in [0.15, 0.2) is 0 Å². The van der Waals surface area contributed by atoms with Gasteiger partial charge in [-0.2, -0.15) is 0 Å². The standard InChI is InChI=1S/C28H22N2O4/c1-34-23-10-8-20(9-11-23)25-24(26(31)22-7-6-19-4-2-3-5-21(19)16-22)27(32)28(33)30(25)17-18-12-14-29-15-13-18/h2-16,25,31H,17H2,1H3/b26-24-. The Kier molecular flexibility index (Phi) is 5.55. The number of aromatic nitrogens is 1. The van der Waals surface area contributed by atoms with Crippen LogP contribution in [0.15, 0.2) is 96.8 Å². The number of ether oxygens (including phenoxy) is 1. The van der Waals surface area contributed by atoms with Crippen LogP contribution in [0.3, 0.4) is 0 Å². The van der Waals surface area contributed by atoms with E-state index in [1.807, 2.05) is 48.5 Å². The van der Waals surface area contributed by atoms with E-state index < -0.39 is 17.7 Å². The van der Waals surface area contributed by atoms with E-state index in [-0.39, 0.29) is 17.9 Å². The third kappa shape index (κ3) is 3.79. The molecular weight excluding hydrogens is 428 g/mol. The predicted octanol–water partition coefficient (Wildman–Crippen LogP) is 4.87. The van der Waals surface area contributed by atoms with Crippen molar-refractivity contribution >= 4 is 28.2 Å². The van der Waals surface area contributed by atoms with Crippen LogP contribution in [0.2, 0.25) is 0 Å². The molecule has 1 aromatic heterocycles. The first-order valence-electron chi connectivity index (χ1n) is 10.9. The molecular formula is C28H22N2O4. The molecule has 1 saturated heterocycles. The zero-order chi connectivity index (χ0) is 23.7. The molecule has 1 N–H and O–H groups in total. The van der Waals surface area contributed by atoms with Crippen LogP contribution in [-0.2, 0) is 16.1 Å². The average Bonchev–Trinajstić information content (AvgIpc) is 3.13. The number of methoxy groups -OCH3 is 1. The molecule has 0 saturated carbocycles. The van der Waals surface area contributed by atoms with Gasteiger partial charge < -0.3 is 14.7 Å². The highest BCUT2D eigenvalue weighted by atomic mass is 16.5. The molecule has 1 unspecified atom stereocenters. The Bertz CT molecular complexity index is 1410. The lowest BCUT2D eigenvalue weighted by molar-refractivity contribution is -0.140. The molecule has 3 aromatic carbocycles. The molecule has 1 amide bonds. The van der Waals surface area contributed by atoms with Gasteiger partial charge in [-0.05, 0) is 52.2 Å². The maximum atomic E-state index is 13.2. The first-order chi connectivity index (χ1) is 16.6. The molecule has 0 spiro atoms. The summed E-state index contributed by atoms with van der Waals surface area (Å²) in [5.41, 5.74) is 2.09. The van der Waals surface area contributed by atoms with E-state index >= 15 is 0 Å². The van der Waals surface area contributed by atoms with Crippen LogP contribution in [0.5, 0.6) is 5.75 Å². The number of aliphatic hydroxyl groups excluding tert-OH is 1. The number of pyridine rings is 1. The average molecular weight is 450 g/mol. The second kappa shape index (κ2) is 8.83. The van der Waals surface area contributed by atoms with E-state index in [1.54, 1.807) is 49.8 Å². The lowest BCUT2D eigenvalue weighted by Crippen LogP contribution is -2.29. The number of carbonyl (C=O) groups is 2. The smallest absolute Gasteiger partial charge is 0.295 e. The van der Waals surface area contributed by atoms with Crippen LogP contribution in [0.4, 0.5) is 0 Å². The van der Waals surface area contributed by atoms with Gasteiger partial charge in [0.2, 0.25) is 0 Å². The quantitative estimate of drug-likeness (QED) is 0.267. The Morgan fingerprint density at radius 2 is 1.65 bits per heavy atom. The Morgan fingerprint density at radius 1 is 0.941 bits per heavy atom. The summed E-state index contributed by atoms with van der Waals surface area (Å²) in [6.45, 7) is 0.207. The summed E-state index contributed by atoms with van der Waals surface area (Å²) in [7, 11) is 1.57. The monoisotopic (exact) mass is 450 g/mol. The van der Waals surface area contributed by atoms with Crippen molar-refractivity contribution in [2.75, 3.05) is 7.11 Å². The van der Waals surface area contributed by atoms with Crippen LogP contribution >= 0.6 is 0 Å². The highest BCUT2D eigenvalue weighted by Gasteiger charge is 2.46. The van der Waals surface area contributed by atoms with Gasteiger partial charge in [0.25, 0.3) is 11.7 Å². The van der Waals surface area contributed by atoms with Crippen LogP contribution < -0.4 is 4.74 Å². The van der Waals surface area contributed by atoms with Crippen molar-refractivity contribution in [3.8, 4) is 5.75 Å². The third-order valence-electron chi connectivity index (χ3n) is 6.10. The number of hydrogen-bond acceptors (Lipinski definition) is 5. The summed E-state index contributed by atoms with van der Waals surface area (Å²) in [6, 6.07) is 23.3. The molecule has 1 fully saturated rings. The first kappa shape index (κ1) is 21.4. The van der Waals surface area contributed by atoms with Gasteiger partial charge in [0.05, 0.1) is 18.7 Å². The Hall–Kier alpha value is -4.45. The predicted molar refractivity (Wildman–Crippen MR) is 129 cm³/mol. The molecule has 1 aliphatic rings. The number of likely N-dealkylation sites (tertiary alicyclic amines) is 1. The number of hydrogen-bond donors (Lipinski definition) is 1. The topological polar surface area (TPSA) is 79.7 Å². The van der Waals surface area contributed by atoms with E-state index in [0.29, 0.717) is 16.9 Å². The highest BCUT2D eigenvalue weighted by Crippen LogP contribution is 2.41. The number of fused-ring (bicyclic) bond motifs is 1. The molecule has 4 aromatic rings. The summed E-state index contributed by atoms with van der Waals surface area (Å²) in [4.78, 5) is 31.9. The fraction of sp³-hybridized carbons (Fsp3) is 0.107. The van der Waals surface area contributed by atoms with Gasteiger partial charge in [0, 0.05) is 24.5 Å². The van der Waals surface area contributed by atoms with Crippen molar-refractivity contribution < 1.29 is 19.4 Å². The Labute approximate surface area is 196 Å². The highest BCUT2D eigenvalue weighted by molar-refractivity contribution is 6.46. The van der Waals surface area contributed by atoms with Crippen LogP contribution in [0, 0.1) is 0 Å². The number of aliphatic hydroxyl groups is 1. The van der Waals surface area contributed by atoms with E-state index in [9.17, 15) is 14.7 Å². The maximum absolute atomic E-state index is 13.2. The van der Waals surface area contributed by atoms with Crippen molar-refractivity contribution in [1.82, 2.24) is 9.88 Å². The van der Waals surface area contributed by atoms with Crippen molar-refractivity contribution in [1.29, 1.82) is 0 Å². The second-order valence-corrected chi connectivity index (χ2v) is 8.12. The van der Waals surface area contributed by atoms with Gasteiger partial charge >= 0.3 is 0 Å². The summed E-state index contributed by atoms with van der Waals surface area (Å²) in [6.07, 6.45) is 3.28. The fourth-order valence-electron chi connectivity index (χ4n) is 4.35. The molecule has 0 radical (unpaired) electrons. The van der Waals surface area contributed by atoms with Crippen molar-refractivity contribution in [3.05, 3.63) is 114 Å². The summed E-state index contributed by atoms with van der Waals surface area (Å²) in [5.74, 6) is -0.896. The maximum Gasteiger partial charge on any atom is 0.295 e. The molecule has 2 heterocycles. The van der Waals surface area contributed by atoms with E-state index in [2.05, 4.69) is 4.98 Å². The summed E-state index contributed by atoms with van der Waals surface area (Å²) < 4.78 is 5.27. The molecule has 6 nitrogen and oxygen atoms in total. The van der Waals surface area contributed by atoms with Gasteiger partial charge in [0.1, 0.15) is 11.5 Å². The molecule has 5 rings (SSSR count). The lowest BCUT2D eigenvalue weighted by atomic mass is 9.94. The minimum absolute atomic E-state index is 0.0690. The van der Waals surface area contributed by atoms with Gasteiger partial charge in [-0.1, -0.05) is 48.5 Å². The number of nitrogens with zero attached hydrogens (tertiary/aromatic N) is 2. The van der Waals surface area contributed by atoms with E-state index in [1.165, 1.54) is 4.90 Å². The molecule has 1 aliphatic heterocycles. The minimum Gasteiger partial charge on any atom is -0.507 e. The summed E-state index contributed by atoms with van der Waals surface area (Å²) in [5, 5.41) is 13.3. The van der Waals surface area contributed by atoms with Crippen molar-refractivity contribution in [2.45, 2.75) is 12.6 Å². The molecule has 34 heavy (non-hydrogen) atoms. The third-order valence-corrected chi connectivity index (χ3v) is 6.10. The van der Waals surface area contributed by atoms with E-state index in [0.717, 1.165) is 16.3 Å². The van der Waals surface area contributed by atoms with Crippen LogP contribution in [-0.4, -0.2) is 33.8 Å². The molecule has 1 atom stereocenters. The second-order valence-electron chi connectivity index (χ2n) is 8.12. The molecule has 0 aliphatic carbocycles. The fourth-order valence-corrected chi connectivity index (χ4v) is 4.35. The first-order valence-corrected chi connectivity index (χ1v) is 10.9. The number of carbonyl (C=O) groups excluding carboxylic acids is 2. The Morgan fingerprint density at radius 3 is 2.35 bits per heavy atom. The zero-order valence-corrected chi connectivity index (χ0v) is 18.5. The molecule has 0 bridgehead atoms. The van der Waals surface area contributed by atoms with E-state index in [4.69, 9.17) is 4.74 Å². The largest absolute Gasteiger partial charge is 0.507 e. The SMILES string of the molecule is COc1ccc(C2/C(=C(/O)c3ccc4ccccc4c3)C(=O)C(=O)N2Cc2ccncc2)cc1. The number of amides is 1. The molecule has 168 valence electrons. The van der Waals surface area contributed by atoms with Crippen LogP contribution in [0.25, 0.3) is 16.5 Å². The van der Waals surface area contributed by atoms with Gasteiger partial charge in [-0.15, -0.1) is 0 Å². The zero-order valence-electron chi connectivity index (χ0n) is 18.5. The number of rotatable bonds is 5. The number of ketones is 1. The Balaban J connectivity index is 1.65. The summed E-state index contributed by atoms with van der Waals surface area (Å²) >= 11 is 0. The van der Waals surface area contributed by atoms with Crippen molar-refractivity contribution in [2.24, 2.45) is 0 Å². The van der Waals surface area contributed by atoms with Crippen molar-refractivity contribution in [3.63, 3.8) is 0 Å². The minimum atomic E-state index is -0.745. The van der Waals surface area contributed by atoms with Crippen LogP contribution in [0.1, 0.15) is 22.7 Å². The number of Topliss-reactive ketones (excluding diaryl/α,β-unsaturated/α-hetero) is 1. The van der Waals surface area contributed by atoms with Gasteiger partial charge in [-0.3, -0.25) is 14.6 Å².